The van der Waals surface area contributed by atoms with E-state index >= 15 is 0 Å². The van der Waals surface area contributed by atoms with Gasteiger partial charge in [0.1, 0.15) is 0 Å². The third-order valence-electron chi connectivity index (χ3n) is 2.91. The summed E-state index contributed by atoms with van der Waals surface area (Å²) in [6, 6.07) is 0. The van der Waals surface area contributed by atoms with Crippen molar-refractivity contribution in [2.45, 2.75) is 12.8 Å². The maximum absolute atomic E-state index is 12.7. The molecule has 6 heteroatoms. The quantitative estimate of drug-likeness (QED) is 0.859. The summed E-state index contributed by atoms with van der Waals surface area (Å²) >= 11 is 3.31. The average Bonchev–Trinajstić information content (AvgIpc) is 2.39. The number of anilines is 1. The number of ether oxygens (including phenoxy) is 1. The van der Waals surface area contributed by atoms with Crippen LogP contribution in [0, 0.1) is 5.92 Å². The molecule has 1 fully saturated rings. The number of aromatic nitrogens is 2. The lowest BCUT2D eigenvalue weighted by Gasteiger charge is -2.31. The van der Waals surface area contributed by atoms with E-state index in [2.05, 4.69) is 25.9 Å². The first-order chi connectivity index (χ1) is 8.24. The van der Waals surface area contributed by atoms with Gasteiger partial charge in [-0.25, -0.2) is 4.98 Å². The van der Waals surface area contributed by atoms with Crippen LogP contribution in [0.1, 0.15) is 12.8 Å². The molecule has 1 aliphatic rings. The molecular formula is C11H15BrFN3O. The van der Waals surface area contributed by atoms with E-state index in [0.717, 1.165) is 23.9 Å². The zero-order valence-corrected chi connectivity index (χ0v) is 11.3. The number of alkyl halides is 1. The largest absolute Gasteiger partial charge is 0.480 e. The van der Waals surface area contributed by atoms with Crippen molar-refractivity contribution in [3.05, 3.63) is 10.7 Å². The van der Waals surface area contributed by atoms with Crippen LogP contribution in [0.25, 0.3) is 0 Å². The Hall–Kier alpha value is -0.910. The fourth-order valence-electron chi connectivity index (χ4n) is 2.01. The molecule has 2 rings (SSSR count). The van der Waals surface area contributed by atoms with Crippen molar-refractivity contribution in [1.82, 2.24) is 9.97 Å². The molecule has 1 saturated heterocycles. The van der Waals surface area contributed by atoms with Gasteiger partial charge < -0.3 is 9.64 Å². The lowest BCUT2D eigenvalue weighted by Crippen LogP contribution is -2.37. The van der Waals surface area contributed by atoms with Crippen molar-refractivity contribution in [3.8, 4) is 5.88 Å². The molecule has 17 heavy (non-hydrogen) atoms. The third kappa shape index (κ3) is 2.86. The lowest BCUT2D eigenvalue weighted by atomic mass is 10.00. The van der Waals surface area contributed by atoms with E-state index in [4.69, 9.17) is 4.74 Å². The van der Waals surface area contributed by atoms with Gasteiger partial charge in [-0.1, -0.05) is 0 Å². The van der Waals surface area contributed by atoms with Gasteiger partial charge in [-0.05, 0) is 28.8 Å². The van der Waals surface area contributed by atoms with Gasteiger partial charge in [0, 0.05) is 19.0 Å². The van der Waals surface area contributed by atoms with Gasteiger partial charge in [-0.3, -0.25) is 4.39 Å². The van der Waals surface area contributed by atoms with E-state index in [-0.39, 0.29) is 12.6 Å². The van der Waals surface area contributed by atoms with Gasteiger partial charge in [0.15, 0.2) is 0 Å². The first kappa shape index (κ1) is 12.5. The number of halogens is 2. The van der Waals surface area contributed by atoms with Crippen molar-refractivity contribution in [2.75, 3.05) is 31.8 Å². The lowest BCUT2D eigenvalue weighted by molar-refractivity contribution is 0.313. The van der Waals surface area contributed by atoms with Crippen molar-refractivity contribution >= 4 is 21.9 Å². The zero-order valence-electron chi connectivity index (χ0n) is 9.70. The number of piperidine rings is 1. The molecule has 0 N–H and O–H groups in total. The normalized spacial score (nSPS) is 20.4. The summed E-state index contributed by atoms with van der Waals surface area (Å²) in [5.41, 5.74) is 0. The predicted octanol–water partition coefficient (Wildman–Crippen LogP) is 2.43. The van der Waals surface area contributed by atoms with Crippen LogP contribution in [-0.4, -0.2) is 36.8 Å². The Morgan fingerprint density at radius 3 is 3.18 bits per heavy atom. The maximum Gasteiger partial charge on any atom is 0.232 e. The summed E-state index contributed by atoms with van der Waals surface area (Å²) in [4.78, 5) is 10.6. The van der Waals surface area contributed by atoms with Crippen LogP contribution in [0.2, 0.25) is 0 Å². The zero-order chi connectivity index (χ0) is 12.3. The summed E-state index contributed by atoms with van der Waals surface area (Å²) in [7, 11) is 1.57. The van der Waals surface area contributed by atoms with E-state index in [0.29, 0.717) is 18.4 Å². The highest BCUT2D eigenvalue weighted by Crippen LogP contribution is 2.26. The highest BCUT2D eigenvalue weighted by molar-refractivity contribution is 9.10. The second-order valence-corrected chi connectivity index (χ2v) is 4.99. The minimum absolute atomic E-state index is 0.0991. The molecule has 1 atom stereocenters. The predicted molar refractivity (Wildman–Crippen MR) is 67.2 cm³/mol. The summed E-state index contributed by atoms with van der Waals surface area (Å²) < 4.78 is 18.5. The van der Waals surface area contributed by atoms with Crippen molar-refractivity contribution in [1.29, 1.82) is 0 Å². The van der Waals surface area contributed by atoms with E-state index in [1.807, 2.05) is 4.90 Å². The highest BCUT2D eigenvalue weighted by Gasteiger charge is 2.22. The first-order valence-corrected chi connectivity index (χ1v) is 6.41. The average molecular weight is 304 g/mol. The van der Waals surface area contributed by atoms with Crippen LogP contribution < -0.4 is 9.64 Å². The number of hydrogen-bond acceptors (Lipinski definition) is 4. The summed E-state index contributed by atoms with van der Waals surface area (Å²) in [6.07, 6.45) is 3.59. The standard InChI is InChI=1S/C11H15BrFN3O/c1-17-10-9(12)6-14-11(15-10)16-4-2-3-8(5-13)7-16/h6,8H,2-5,7H2,1H3. The number of hydrogen-bond donors (Lipinski definition) is 0. The summed E-state index contributed by atoms with van der Waals surface area (Å²) in [5, 5.41) is 0. The van der Waals surface area contributed by atoms with Gasteiger partial charge in [0.2, 0.25) is 11.8 Å². The Bertz CT molecular complexity index is 391. The number of rotatable bonds is 3. The van der Waals surface area contributed by atoms with Gasteiger partial charge in [-0.2, -0.15) is 4.98 Å². The molecule has 0 aliphatic carbocycles. The fourth-order valence-corrected chi connectivity index (χ4v) is 2.36. The van der Waals surface area contributed by atoms with Gasteiger partial charge in [0.25, 0.3) is 0 Å². The Kier molecular flexibility index (Phi) is 4.15. The molecule has 1 aromatic heterocycles. The Morgan fingerprint density at radius 2 is 2.47 bits per heavy atom. The smallest absolute Gasteiger partial charge is 0.232 e. The van der Waals surface area contributed by atoms with Crippen LogP contribution in [0.15, 0.2) is 10.7 Å². The van der Waals surface area contributed by atoms with Crippen LogP contribution >= 0.6 is 15.9 Å². The van der Waals surface area contributed by atoms with E-state index in [1.54, 1.807) is 13.3 Å². The second kappa shape index (κ2) is 5.62. The fraction of sp³-hybridized carbons (Fsp3) is 0.636. The third-order valence-corrected chi connectivity index (χ3v) is 3.46. The Morgan fingerprint density at radius 1 is 1.65 bits per heavy atom. The molecule has 0 aromatic carbocycles. The molecule has 1 aromatic rings. The molecule has 0 radical (unpaired) electrons. The number of nitrogens with zero attached hydrogens (tertiary/aromatic N) is 3. The van der Waals surface area contributed by atoms with E-state index in [9.17, 15) is 4.39 Å². The molecule has 0 bridgehead atoms. The van der Waals surface area contributed by atoms with E-state index in [1.165, 1.54) is 0 Å². The second-order valence-electron chi connectivity index (χ2n) is 4.14. The molecule has 0 spiro atoms. The topological polar surface area (TPSA) is 38.2 Å². The molecule has 4 nitrogen and oxygen atoms in total. The first-order valence-electron chi connectivity index (χ1n) is 5.62. The number of methoxy groups -OCH3 is 1. The van der Waals surface area contributed by atoms with E-state index < -0.39 is 0 Å². The van der Waals surface area contributed by atoms with Gasteiger partial charge in [-0.15, -0.1) is 0 Å². The molecule has 1 aliphatic heterocycles. The molecule has 94 valence electrons. The van der Waals surface area contributed by atoms with Crippen LogP contribution in [0.3, 0.4) is 0 Å². The Labute approximate surface area is 108 Å². The van der Waals surface area contributed by atoms with Crippen molar-refractivity contribution in [2.24, 2.45) is 5.92 Å². The van der Waals surface area contributed by atoms with Gasteiger partial charge >= 0.3 is 0 Å². The Balaban J connectivity index is 2.16. The van der Waals surface area contributed by atoms with Crippen LogP contribution in [0.5, 0.6) is 5.88 Å². The molecule has 0 saturated carbocycles. The molecular weight excluding hydrogens is 289 g/mol. The van der Waals surface area contributed by atoms with Crippen molar-refractivity contribution < 1.29 is 9.13 Å². The minimum Gasteiger partial charge on any atom is -0.480 e. The van der Waals surface area contributed by atoms with Crippen molar-refractivity contribution in [3.63, 3.8) is 0 Å². The van der Waals surface area contributed by atoms with Crippen LogP contribution in [0.4, 0.5) is 10.3 Å². The van der Waals surface area contributed by atoms with Gasteiger partial charge in [0.05, 0.1) is 24.5 Å². The summed E-state index contributed by atoms with van der Waals surface area (Å²) in [5.74, 6) is 1.22. The molecule has 2 heterocycles. The van der Waals surface area contributed by atoms with Crippen LogP contribution in [-0.2, 0) is 0 Å². The highest BCUT2D eigenvalue weighted by atomic mass is 79.9. The summed E-state index contributed by atoms with van der Waals surface area (Å²) in [6.45, 7) is 1.28. The maximum atomic E-state index is 12.7. The molecule has 0 amide bonds. The molecule has 1 unspecified atom stereocenters. The minimum atomic E-state index is -0.274. The monoisotopic (exact) mass is 303 g/mol. The SMILES string of the molecule is COc1nc(N2CCCC(CF)C2)ncc1Br.